The Morgan fingerprint density at radius 3 is 2.81 bits per heavy atom. The zero-order valence-electron chi connectivity index (χ0n) is 14.4. The van der Waals surface area contributed by atoms with Crippen molar-refractivity contribution >= 4 is 35.1 Å². The molecule has 2 aromatic carbocycles. The zero-order valence-corrected chi connectivity index (χ0v) is 16.0. The van der Waals surface area contributed by atoms with Gasteiger partial charge in [0.1, 0.15) is 12.4 Å². The molecule has 2 aromatic rings. The van der Waals surface area contributed by atoms with Crippen molar-refractivity contribution in [1.82, 2.24) is 10.7 Å². The summed E-state index contributed by atoms with van der Waals surface area (Å²) in [5.41, 5.74) is 3.97. The molecular weight excluding hydrogens is 377 g/mol. The van der Waals surface area contributed by atoms with Crippen LogP contribution in [0.3, 0.4) is 0 Å². The molecule has 0 fully saturated rings. The molecule has 0 saturated heterocycles. The van der Waals surface area contributed by atoms with Crippen LogP contribution >= 0.6 is 23.8 Å². The molecule has 5 nitrogen and oxygen atoms in total. The highest BCUT2D eigenvalue weighted by molar-refractivity contribution is 7.80. The topological polar surface area (TPSA) is 56.5 Å². The second-order valence-corrected chi connectivity index (χ2v) is 5.99. The average molecular weight is 397 g/mol. The summed E-state index contributed by atoms with van der Waals surface area (Å²) in [5, 5.41) is 6.66. The molecule has 0 saturated carbocycles. The van der Waals surface area contributed by atoms with Crippen molar-refractivity contribution in [2.24, 2.45) is 0 Å². The summed E-state index contributed by atoms with van der Waals surface area (Å²) in [7, 11) is 1.54. The normalized spacial score (nSPS) is 10.6. The number of thiocarbonyl (C=S) groups is 1. The average Bonchev–Trinajstić information content (AvgIpc) is 2.62. The molecule has 3 N–H and O–H groups in total. The zero-order chi connectivity index (χ0) is 18.9. The number of hydrogen-bond donors (Lipinski definition) is 3. The van der Waals surface area contributed by atoms with Crippen LogP contribution in [0.15, 0.2) is 36.4 Å². The number of ether oxygens (including phenoxy) is 2. The first-order chi connectivity index (χ1) is 12.5. The van der Waals surface area contributed by atoms with Crippen LogP contribution in [-0.2, 0) is 6.61 Å². The lowest BCUT2D eigenvalue weighted by Gasteiger charge is -2.12. The van der Waals surface area contributed by atoms with Crippen LogP contribution in [0, 0.1) is 5.82 Å². The molecule has 0 aliphatic rings. The molecule has 138 valence electrons. The predicted molar refractivity (Wildman–Crippen MR) is 104 cm³/mol. The van der Waals surface area contributed by atoms with E-state index in [-0.39, 0.29) is 6.61 Å². The maximum absolute atomic E-state index is 13.8. The van der Waals surface area contributed by atoms with Crippen molar-refractivity contribution < 1.29 is 19.0 Å². The summed E-state index contributed by atoms with van der Waals surface area (Å²) in [6.45, 7) is 2.69. The highest BCUT2D eigenvalue weighted by Gasteiger charge is 2.11. The minimum atomic E-state index is -0.409. The van der Waals surface area contributed by atoms with Gasteiger partial charge in [-0.05, 0) is 49.5 Å². The third-order valence-corrected chi connectivity index (χ3v) is 3.98. The van der Waals surface area contributed by atoms with Crippen LogP contribution in [0.1, 0.15) is 18.1 Å². The molecule has 0 bridgehead atoms. The molecule has 0 unspecified atom stereocenters. The summed E-state index contributed by atoms with van der Waals surface area (Å²) in [6.07, 6.45) is 1.73. The molecule has 0 heterocycles. The fourth-order valence-electron chi connectivity index (χ4n) is 2.10. The monoisotopic (exact) mass is 396 g/mol. The molecule has 0 amide bonds. The standard InChI is InChI=1S/C18H19ClFN3O2S/c1-3-21-18(26)23-22-10-12-7-8-16(17(9-12)24-2)25-11-13-14(19)5-4-6-15(13)20/h4-10H,3,11H2,1-2H3,(H2,21,23,26)/p+1. The van der Waals surface area contributed by atoms with Gasteiger partial charge in [-0.1, -0.05) is 17.7 Å². The summed E-state index contributed by atoms with van der Waals surface area (Å²) in [4.78, 5) is 0. The van der Waals surface area contributed by atoms with Crippen molar-refractivity contribution in [2.75, 3.05) is 13.7 Å². The van der Waals surface area contributed by atoms with E-state index in [4.69, 9.17) is 33.3 Å². The first-order valence-corrected chi connectivity index (χ1v) is 8.70. The van der Waals surface area contributed by atoms with Crippen molar-refractivity contribution in [2.45, 2.75) is 13.5 Å². The van der Waals surface area contributed by atoms with Crippen molar-refractivity contribution in [1.29, 1.82) is 0 Å². The number of hydrogen-bond acceptors (Lipinski definition) is 3. The number of halogens is 2. The van der Waals surface area contributed by atoms with Crippen LogP contribution < -0.4 is 25.3 Å². The molecule has 0 aliphatic heterocycles. The van der Waals surface area contributed by atoms with E-state index < -0.39 is 5.82 Å². The Hall–Kier alpha value is -2.38. The van der Waals surface area contributed by atoms with E-state index in [1.807, 2.05) is 13.0 Å². The second-order valence-electron chi connectivity index (χ2n) is 5.17. The van der Waals surface area contributed by atoms with Crippen LogP contribution in [-0.4, -0.2) is 25.0 Å². The maximum Gasteiger partial charge on any atom is 0.223 e. The minimum Gasteiger partial charge on any atom is -0.493 e. The molecule has 2 rings (SSSR count). The van der Waals surface area contributed by atoms with Gasteiger partial charge in [-0.3, -0.25) is 0 Å². The SMILES string of the molecule is CCNC(=S)N[NH+]=Cc1ccc(OCc2c(F)cccc2Cl)c(OC)c1. The maximum atomic E-state index is 13.8. The first kappa shape index (κ1) is 19.9. The van der Waals surface area contributed by atoms with Crippen LogP contribution in [0.2, 0.25) is 5.02 Å². The van der Waals surface area contributed by atoms with Crippen LogP contribution in [0.5, 0.6) is 11.5 Å². The molecule has 0 atom stereocenters. The highest BCUT2D eigenvalue weighted by Crippen LogP contribution is 2.29. The van der Waals surface area contributed by atoms with Gasteiger partial charge >= 0.3 is 0 Å². The van der Waals surface area contributed by atoms with E-state index in [2.05, 4.69) is 15.8 Å². The van der Waals surface area contributed by atoms with Crippen molar-refractivity contribution in [3.63, 3.8) is 0 Å². The van der Waals surface area contributed by atoms with E-state index in [1.54, 1.807) is 30.5 Å². The number of hydrazine groups is 1. The second kappa shape index (κ2) is 9.94. The third-order valence-electron chi connectivity index (χ3n) is 3.38. The number of methoxy groups -OCH3 is 1. The molecule has 26 heavy (non-hydrogen) atoms. The fourth-order valence-corrected chi connectivity index (χ4v) is 2.52. The van der Waals surface area contributed by atoms with E-state index >= 15 is 0 Å². The summed E-state index contributed by atoms with van der Waals surface area (Å²) in [5.74, 6) is 0.593. The smallest absolute Gasteiger partial charge is 0.223 e. The van der Waals surface area contributed by atoms with Gasteiger partial charge in [-0.15, -0.1) is 10.5 Å². The number of nitrogens with one attached hydrogen (secondary N) is 3. The lowest BCUT2D eigenvalue weighted by atomic mass is 10.2. The Balaban J connectivity index is 2.06. The third kappa shape index (κ3) is 5.57. The fraction of sp³-hybridized carbons (Fsp3) is 0.222. The summed E-state index contributed by atoms with van der Waals surface area (Å²) in [6, 6.07) is 9.86. The molecule has 8 heteroatoms. The summed E-state index contributed by atoms with van der Waals surface area (Å²) >= 11 is 11.1. The van der Waals surface area contributed by atoms with Crippen LogP contribution in [0.4, 0.5) is 4.39 Å². The quantitative estimate of drug-likeness (QED) is 0.379. The van der Waals surface area contributed by atoms with Crippen molar-refractivity contribution in [3.8, 4) is 11.5 Å². The molecule has 0 spiro atoms. The van der Waals surface area contributed by atoms with E-state index in [0.717, 1.165) is 12.1 Å². The lowest BCUT2D eigenvalue weighted by Crippen LogP contribution is -2.82. The number of rotatable bonds is 7. The van der Waals surface area contributed by atoms with E-state index in [1.165, 1.54) is 13.2 Å². The van der Waals surface area contributed by atoms with E-state index in [0.29, 0.717) is 27.2 Å². The largest absolute Gasteiger partial charge is 0.493 e. The first-order valence-electron chi connectivity index (χ1n) is 7.91. The van der Waals surface area contributed by atoms with Gasteiger partial charge < -0.3 is 14.8 Å². The minimum absolute atomic E-state index is 0.00168. The van der Waals surface area contributed by atoms with E-state index in [9.17, 15) is 4.39 Å². The molecule has 0 aliphatic carbocycles. The Bertz CT molecular complexity index is 782. The molecular formula is C18H20ClFN3O2S+. The Kier molecular flexibility index (Phi) is 7.62. The van der Waals surface area contributed by atoms with Gasteiger partial charge in [0.15, 0.2) is 17.7 Å². The predicted octanol–water partition coefficient (Wildman–Crippen LogP) is 1.97. The van der Waals surface area contributed by atoms with Gasteiger partial charge in [0.2, 0.25) is 5.11 Å². The Morgan fingerprint density at radius 1 is 1.31 bits per heavy atom. The van der Waals surface area contributed by atoms with Gasteiger partial charge in [0, 0.05) is 17.7 Å². The van der Waals surface area contributed by atoms with Gasteiger partial charge in [-0.25, -0.2) is 4.39 Å². The van der Waals surface area contributed by atoms with Gasteiger partial charge in [0.25, 0.3) is 0 Å². The summed E-state index contributed by atoms with van der Waals surface area (Å²) < 4.78 is 24.8. The molecule has 0 radical (unpaired) electrons. The number of benzene rings is 2. The van der Waals surface area contributed by atoms with Gasteiger partial charge in [-0.2, -0.15) is 0 Å². The Labute approximate surface area is 162 Å². The highest BCUT2D eigenvalue weighted by atomic mass is 35.5. The Morgan fingerprint density at radius 2 is 2.12 bits per heavy atom. The molecule has 0 aromatic heterocycles. The van der Waals surface area contributed by atoms with Crippen LogP contribution in [0.25, 0.3) is 0 Å². The lowest BCUT2D eigenvalue weighted by molar-refractivity contribution is -0.500. The van der Waals surface area contributed by atoms with Gasteiger partial charge in [0.05, 0.1) is 12.1 Å². The van der Waals surface area contributed by atoms with Crippen molar-refractivity contribution in [3.05, 3.63) is 58.4 Å². The number of hydrazone groups is 1.